The number of hydrogen-bond acceptors (Lipinski definition) is 5. The van der Waals surface area contributed by atoms with E-state index in [-0.39, 0.29) is 18.1 Å². The fraction of sp³-hybridized carbons (Fsp3) is 0.0667. The first-order valence-corrected chi connectivity index (χ1v) is 6.47. The minimum absolute atomic E-state index is 0.0200. The summed E-state index contributed by atoms with van der Waals surface area (Å²) in [7, 11) is 0. The molecular formula is C15H13N3O4. The highest BCUT2D eigenvalue weighted by Crippen LogP contribution is 2.21. The van der Waals surface area contributed by atoms with Gasteiger partial charge in [-0.1, -0.05) is 12.1 Å². The summed E-state index contributed by atoms with van der Waals surface area (Å²) in [5, 5.41) is 18.6. The van der Waals surface area contributed by atoms with E-state index in [4.69, 9.17) is 10.5 Å². The van der Waals surface area contributed by atoms with Crippen LogP contribution in [-0.4, -0.2) is 25.6 Å². The highest BCUT2D eigenvalue weighted by Gasteiger charge is 2.18. The number of aromatic carboxylic acids is 1. The van der Waals surface area contributed by atoms with Crippen LogP contribution in [0.4, 0.5) is 5.82 Å². The van der Waals surface area contributed by atoms with E-state index in [1.54, 1.807) is 30.3 Å². The third-order valence-electron chi connectivity index (χ3n) is 3.15. The summed E-state index contributed by atoms with van der Waals surface area (Å²) in [6.07, 6.45) is 0. The molecule has 0 aliphatic rings. The standard InChI is InChI=1S/C15H13N3O4/c16-12-6-2-5-11-14(15(20)21)17-13(18(11)12)8-22-10-4-1-3-9(19)7-10/h1-7,19H,8,16H2,(H,20,21). The molecule has 0 aliphatic carbocycles. The number of pyridine rings is 1. The second kappa shape index (κ2) is 5.28. The molecule has 0 aliphatic heterocycles. The van der Waals surface area contributed by atoms with E-state index in [9.17, 15) is 15.0 Å². The van der Waals surface area contributed by atoms with Crippen LogP contribution in [-0.2, 0) is 6.61 Å². The van der Waals surface area contributed by atoms with Gasteiger partial charge >= 0.3 is 5.97 Å². The number of rotatable bonds is 4. The maximum atomic E-state index is 11.3. The lowest BCUT2D eigenvalue weighted by molar-refractivity contribution is 0.0693. The van der Waals surface area contributed by atoms with Crippen LogP contribution in [0.5, 0.6) is 11.5 Å². The summed E-state index contributed by atoms with van der Waals surface area (Å²) >= 11 is 0. The van der Waals surface area contributed by atoms with E-state index in [1.807, 2.05) is 0 Å². The highest BCUT2D eigenvalue weighted by molar-refractivity contribution is 5.94. The molecule has 0 spiro atoms. The van der Waals surface area contributed by atoms with E-state index in [2.05, 4.69) is 4.98 Å². The van der Waals surface area contributed by atoms with E-state index in [0.29, 0.717) is 22.9 Å². The van der Waals surface area contributed by atoms with Gasteiger partial charge in [0.15, 0.2) is 11.5 Å². The molecule has 112 valence electrons. The molecule has 0 radical (unpaired) electrons. The summed E-state index contributed by atoms with van der Waals surface area (Å²) in [6, 6.07) is 11.2. The molecule has 2 aromatic heterocycles. The first kappa shape index (κ1) is 13.7. The molecule has 3 rings (SSSR count). The van der Waals surface area contributed by atoms with Crippen LogP contribution in [0.2, 0.25) is 0 Å². The third-order valence-corrected chi connectivity index (χ3v) is 3.15. The number of hydrogen-bond donors (Lipinski definition) is 3. The normalized spacial score (nSPS) is 10.7. The molecule has 0 amide bonds. The third kappa shape index (κ3) is 2.39. The molecule has 0 bridgehead atoms. The Bertz CT molecular complexity index is 857. The van der Waals surface area contributed by atoms with Crippen molar-refractivity contribution in [2.24, 2.45) is 0 Å². The van der Waals surface area contributed by atoms with Crippen molar-refractivity contribution in [1.82, 2.24) is 9.38 Å². The number of aromatic nitrogens is 2. The van der Waals surface area contributed by atoms with Crippen LogP contribution in [0, 0.1) is 0 Å². The number of nitrogen functional groups attached to an aromatic ring is 1. The lowest BCUT2D eigenvalue weighted by Crippen LogP contribution is -2.04. The number of carboxylic acid groups (broad SMARTS) is 1. The topological polar surface area (TPSA) is 110 Å². The molecule has 3 aromatic rings. The zero-order valence-corrected chi connectivity index (χ0v) is 11.4. The monoisotopic (exact) mass is 299 g/mol. The van der Waals surface area contributed by atoms with Crippen molar-refractivity contribution >= 4 is 17.3 Å². The Morgan fingerprint density at radius 3 is 2.77 bits per heavy atom. The number of benzene rings is 1. The van der Waals surface area contributed by atoms with Gasteiger partial charge in [0.2, 0.25) is 0 Å². The van der Waals surface area contributed by atoms with E-state index in [0.717, 1.165) is 0 Å². The van der Waals surface area contributed by atoms with Crippen molar-refractivity contribution in [3.63, 3.8) is 0 Å². The maximum Gasteiger partial charge on any atom is 0.356 e. The van der Waals surface area contributed by atoms with Crippen molar-refractivity contribution in [3.8, 4) is 11.5 Å². The largest absolute Gasteiger partial charge is 0.508 e. The number of imidazole rings is 1. The molecule has 2 heterocycles. The number of phenols is 1. The predicted octanol–water partition coefficient (Wildman–Crippen LogP) is 1.90. The molecule has 0 saturated carbocycles. The Morgan fingerprint density at radius 2 is 2.05 bits per heavy atom. The SMILES string of the molecule is Nc1cccc2c(C(=O)O)nc(COc3cccc(O)c3)n12. The molecule has 0 unspecified atom stereocenters. The second-order valence-corrected chi connectivity index (χ2v) is 4.64. The fourth-order valence-electron chi connectivity index (χ4n) is 2.21. The van der Waals surface area contributed by atoms with Gasteiger partial charge in [-0.25, -0.2) is 9.78 Å². The van der Waals surface area contributed by atoms with Crippen LogP contribution in [0.25, 0.3) is 5.52 Å². The highest BCUT2D eigenvalue weighted by atomic mass is 16.5. The molecule has 0 saturated heterocycles. The number of nitrogens with two attached hydrogens (primary N) is 1. The van der Waals surface area contributed by atoms with Gasteiger partial charge in [-0.2, -0.15) is 0 Å². The molecule has 0 fully saturated rings. The number of nitrogens with zero attached hydrogens (tertiary/aromatic N) is 2. The van der Waals surface area contributed by atoms with Crippen LogP contribution in [0.15, 0.2) is 42.5 Å². The number of fused-ring (bicyclic) bond motifs is 1. The quantitative estimate of drug-likeness (QED) is 0.678. The van der Waals surface area contributed by atoms with Crippen LogP contribution < -0.4 is 10.5 Å². The first-order chi connectivity index (χ1) is 10.6. The van der Waals surface area contributed by atoms with Gasteiger partial charge in [-0.05, 0) is 24.3 Å². The smallest absolute Gasteiger partial charge is 0.356 e. The van der Waals surface area contributed by atoms with Crippen molar-refractivity contribution < 1.29 is 19.7 Å². The molecule has 7 heteroatoms. The zero-order chi connectivity index (χ0) is 15.7. The van der Waals surface area contributed by atoms with Crippen LogP contribution in [0.3, 0.4) is 0 Å². The predicted molar refractivity (Wildman–Crippen MR) is 79.0 cm³/mol. The van der Waals surface area contributed by atoms with E-state index in [1.165, 1.54) is 16.5 Å². The van der Waals surface area contributed by atoms with Gasteiger partial charge in [0.05, 0.1) is 5.52 Å². The van der Waals surface area contributed by atoms with E-state index < -0.39 is 5.97 Å². The lowest BCUT2D eigenvalue weighted by atomic mass is 10.3. The summed E-state index contributed by atoms with van der Waals surface area (Å²) in [6.45, 7) is 0.0200. The Kier molecular flexibility index (Phi) is 3.30. The number of phenolic OH excluding ortho intramolecular Hbond substituents is 1. The average Bonchev–Trinajstić information content (AvgIpc) is 2.86. The van der Waals surface area contributed by atoms with Crippen molar-refractivity contribution in [3.05, 3.63) is 54.0 Å². The van der Waals surface area contributed by atoms with Gasteiger partial charge in [0.1, 0.15) is 23.9 Å². The summed E-state index contributed by atoms with van der Waals surface area (Å²) in [5.74, 6) is 0.131. The number of ether oxygens (including phenoxy) is 1. The second-order valence-electron chi connectivity index (χ2n) is 4.64. The minimum Gasteiger partial charge on any atom is -0.508 e. The Morgan fingerprint density at radius 1 is 1.27 bits per heavy atom. The number of carboxylic acids is 1. The lowest BCUT2D eigenvalue weighted by Gasteiger charge is -2.07. The van der Waals surface area contributed by atoms with Gasteiger partial charge in [0, 0.05) is 6.07 Å². The maximum absolute atomic E-state index is 11.3. The molecule has 0 atom stereocenters. The Hall–Kier alpha value is -3.22. The fourth-order valence-corrected chi connectivity index (χ4v) is 2.21. The number of aromatic hydroxyl groups is 1. The minimum atomic E-state index is -1.13. The average molecular weight is 299 g/mol. The van der Waals surface area contributed by atoms with Crippen molar-refractivity contribution in [1.29, 1.82) is 0 Å². The van der Waals surface area contributed by atoms with Gasteiger partial charge in [-0.15, -0.1) is 0 Å². The van der Waals surface area contributed by atoms with Crippen LogP contribution in [0.1, 0.15) is 16.3 Å². The van der Waals surface area contributed by atoms with Crippen molar-refractivity contribution in [2.75, 3.05) is 5.73 Å². The molecule has 22 heavy (non-hydrogen) atoms. The van der Waals surface area contributed by atoms with Crippen molar-refractivity contribution in [2.45, 2.75) is 6.61 Å². The molecule has 7 nitrogen and oxygen atoms in total. The number of anilines is 1. The van der Waals surface area contributed by atoms with Gasteiger partial charge in [0.25, 0.3) is 0 Å². The Balaban J connectivity index is 1.98. The zero-order valence-electron chi connectivity index (χ0n) is 11.4. The van der Waals surface area contributed by atoms with Crippen LogP contribution >= 0.6 is 0 Å². The molecule has 1 aromatic carbocycles. The van der Waals surface area contributed by atoms with Gasteiger partial charge < -0.3 is 20.7 Å². The Labute approximate surface area is 125 Å². The molecular weight excluding hydrogens is 286 g/mol. The van der Waals surface area contributed by atoms with E-state index >= 15 is 0 Å². The summed E-state index contributed by atoms with van der Waals surface area (Å²) < 4.78 is 7.07. The van der Waals surface area contributed by atoms with Gasteiger partial charge in [-0.3, -0.25) is 4.40 Å². The summed E-state index contributed by atoms with van der Waals surface area (Å²) in [5.41, 5.74) is 6.22. The number of carbonyl (C=O) groups is 1. The first-order valence-electron chi connectivity index (χ1n) is 6.47. The summed E-state index contributed by atoms with van der Waals surface area (Å²) in [4.78, 5) is 15.4. The molecule has 4 N–H and O–H groups in total.